The van der Waals surface area contributed by atoms with E-state index >= 15 is 0 Å². The lowest BCUT2D eigenvalue weighted by Crippen LogP contribution is -2.49. The number of rotatable bonds is 3. The van der Waals surface area contributed by atoms with E-state index in [9.17, 15) is 22.8 Å². The van der Waals surface area contributed by atoms with E-state index in [0.717, 1.165) is 12.1 Å². The first kappa shape index (κ1) is 20.2. The zero-order valence-corrected chi connectivity index (χ0v) is 16.0. The number of halogens is 3. The van der Waals surface area contributed by atoms with Crippen molar-refractivity contribution < 1.29 is 22.4 Å². The monoisotopic (exact) mass is 416 g/mol. The molecule has 4 rings (SSSR count). The predicted molar refractivity (Wildman–Crippen MR) is 105 cm³/mol. The van der Waals surface area contributed by atoms with E-state index < -0.39 is 23.3 Å². The zero-order chi connectivity index (χ0) is 21.3. The van der Waals surface area contributed by atoms with Crippen LogP contribution in [-0.4, -0.2) is 41.9 Å². The molecule has 0 bridgehead atoms. The van der Waals surface area contributed by atoms with Gasteiger partial charge in [0.15, 0.2) is 0 Å². The van der Waals surface area contributed by atoms with Crippen molar-refractivity contribution in [2.45, 2.75) is 12.7 Å². The van der Waals surface area contributed by atoms with Crippen LogP contribution in [0.5, 0.6) is 0 Å². The molecule has 5 nitrogen and oxygen atoms in total. The molecule has 3 aromatic rings. The van der Waals surface area contributed by atoms with Crippen molar-refractivity contribution in [2.75, 3.05) is 26.2 Å². The van der Waals surface area contributed by atoms with Gasteiger partial charge in [0.2, 0.25) is 0 Å². The summed E-state index contributed by atoms with van der Waals surface area (Å²) in [7, 11) is 0. The molecule has 2 heterocycles. The van der Waals surface area contributed by atoms with Crippen LogP contribution in [0.1, 0.15) is 21.5 Å². The molecule has 30 heavy (non-hydrogen) atoms. The number of carbonyl (C=O) groups excluding carboxylic acids is 1. The third kappa shape index (κ3) is 4.23. The maximum atomic E-state index is 12.9. The molecule has 0 saturated carbocycles. The van der Waals surface area contributed by atoms with E-state index in [-0.39, 0.29) is 5.56 Å². The molecule has 0 aliphatic carbocycles. The van der Waals surface area contributed by atoms with Gasteiger partial charge in [0.1, 0.15) is 11.1 Å². The topological polar surface area (TPSA) is 53.8 Å². The van der Waals surface area contributed by atoms with Crippen LogP contribution in [0.4, 0.5) is 13.2 Å². The van der Waals surface area contributed by atoms with Gasteiger partial charge < -0.3 is 9.32 Å². The molecule has 0 unspecified atom stereocenters. The highest BCUT2D eigenvalue weighted by molar-refractivity contribution is 5.96. The quantitative estimate of drug-likeness (QED) is 0.610. The second kappa shape index (κ2) is 7.95. The predicted octanol–water partition coefficient (Wildman–Crippen LogP) is 3.77. The van der Waals surface area contributed by atoms with Crippen LogP contribution in [0.15, 0.2) is 63.8 Å². The van der Waals surface area contributed by atoms with E-state index in [1.807, 2.05) is 4.90 Å². The van der Waals surface area contributed by atoms with E-state index in [1.54, 1.807) is 41.3 Å². The number of para-hydroxylation sites is 1. The number of benzene rings is 2. The molecule has 1 fully saturated rings. The zero-order valence-electron chi connectivity index (χ0n) is 16.0. The number of nitrogens with zero attached hydrogens (tertiary/aromatic N) is 2. The average molecular weight is 416 g/mol. The molecule has 0 spiro atoms. The number of hydrogen-bond acceptors (Lipinski definition) is 4. The smallest absolute Gasteiger partial charge is 0.416 e. The Morgan fingerprint density at radius 3 is 2.43 bits per heavy atom. The number of fused-ring (bicyclic) bond motifs is 1. The van der Waals surface area contributed by atoms with Gasteiger partial charge in [-0.1, -0.05) is 36.4 Å². The maximum Gasteiger partial charge on any atom is 0.416 e. The van der Waals surface area contributed by atoms with E-state index in [2.05, 4.69) is 0 Å². The van der Waals surface area contributed by atoms with Gasteiger partial charge >= 0.3 is 11.8 Å². The van der Waals surface area contributed by atoms with Gasteiger partial charge in [-0.2, -0.15) is 13.2 Å². The van der Waals surface area contributed by atoms with E-state index in [0.29, 0.717) is 49.3 Å². The summed E-state index contributed by atoms with van der Waals surface area (Å²) in [5.74, 6) is -0.395. The Kier molecular flexibility index (Phi) is 5.34. The Morgan fingerprint density at radius 2 is 1.70 bits per heavy atom. The summed E-state index contributed by atoms with van der Waals surface area (Å²) in [4.78, 5) is 28.6. The summed E-state index contributed by atoms with van der Waals surface area (Å²) in [5.41, 5.74) is -0.369. The minimum Gasteiger partial charge on any atom is -0.422 e. The Balaban J connectivity index is 1.42. The third-order valence-corrected chi connectivity index (χ3v) is 5.19. The van der Waals surface area contributed by atoms with Crippen LogP contribution in [0, 0.1) is 0 Å². The van der Waals surface area contributed by atoms with E-state index in [4.69, 9.17) is 4.42 Å². The van der Waals surface area contributed by atoms with Crippen molar-refractivity contribution in [3.8, 4) is 0 Å². The SMILES string of the molecule is O=C(c1cc2ccccc2oc1=O)N1CCN(Cc2cccc(C(F)(F)F)c2)CC1. The standard InChI is InChI=1S/C22H19F3N2O3/c23-22(24,25)17-6-3-4-15(12-17)14-26-8-10-27(11-9-26)20(28)18-13-16-5-1-2-7-19(16)30-21(18)29/h1-7,12-13H,8-11,14H2. The van der Waals surface area contributed by atoms with Crippen molar-refractivity contribution in [1.82, 2.24) is 9.80 Å². The highest BCUT2D eigenvalue weighted by atomic mass is 19.4. The number of alkyl halides is 3. The molecule has 2 aromatic carbocycles. The molecule has 0 N–H and O–H groups in total. The fourth-order valence-corrected chi connectivity index (χ4v) is 3.59. The van der Waals surface area contributed by atoms with Gasteiger partial charge in [-0.15, -0.1) is 0 Å². The van der Waals surface area contributed by atoms with E-state index in [1.165, 1.54) is 6.07 Å². The molecular weight excluding hydrogens is 397 g/mol. The Hall–Kier alpha value is -3.13. The summed E-state index contributed by atoms with van der Waals surface area (Å²) in [6, 6.07) is 13.8. The molecule has 0 atom stereocenters. The lowest BCUT2D eigenvalue weighted by molar-refractivity contribution is -0.137. The fraction of sp³-hybridized carbons (Fsp3) is 0.273. The number of hydrogen-bond donors (Lipinski definition) is 0. The van der Waals surface area contributed by atoms with Crippen molar-refractivity contribution in [1.29, 1.82) is 0 Å². The fourth-order valence-electron chi connectivity index (χ4n) is 3.59. The van der Waals surface area contributed by atoms with Crippen molar-refractivity contribution >= 4 is 16.9 Å². The number of carbonyl (C=O) groups is 1. The van der Waals surface area contributed by atoms with Gasteiger partial charge in [0.25, 0.3) is 5.91 Å². The maximum absolute atomic E-state index is 12.9. The summed E-state index contributed by atoms with van der Waals surface area (Å²) < 4.78 is 43.9. The second-order valence-corrected chi connectivity index (χ2v) is 7.25. The van der Waals surface area contributed by atoms with Crippen molar-refractivity contribution in [3.63, 3.8) is 0 Å². The lowest BCUT2D eigenvalue weighted by Gasteiger charge is -2.34. The first-order valence-corrected chi connectivity index (χ1v) is 9.52. The molecular formula is C22H19F3N2O3. The van der Waals surface area contributed by atoms with Gasteiger partial charge in [0, 0.05) is 38.1 Å². The summed E-state index contributed by atoms with van der Waals surface area (Å²) in [5, 5.41) is 0.670. The van der Waals surface area contributed by atoms with Crippen LogP contribution in [0.3, 0.4) is 0 Å². The average Bonchev–Trinajstić information content (AvgIpc) is 2.73. The lowest BCUT2D eigenvalue weighted by atomic mass is 10.1. The molecule has 1 saturated heterocycles. The minimum atomic E-state index is -4.37. The molecule has 1 aliphatic heterocycles. The minimum absolute atomic E-state index is 0.0139. The largest absolute Gasteiger partial charge is 0.422 e. The highest BCUT2D eigenvalue weighted by Crippen LogP contribution is 2.29. The third-order valence-electron chi connectivity index (χ3n) is 5.19. The first-order chi connectivity index (χ1) is 14.3. The number of piperazine rings is 1. The van der Waals surface area contributed by atoms with Crippen LogP contribution >= 0.6 is 0 Å². The van der Waals surface area contributed by atoms with Crippen LogP contribution in [0.25, 0.3) is 11.0 Å². The van der Waals surface area contributed by atoms with Crippen LogP contribution < -0.4 is 5.63 Å². The molecule has 156 valence electrons. The second-order valence-electron chi connectivity index (χ2n) is 7.25. The first-order valence-electron chi connectivity index (χ1n) is 9.52. The Labute approximate surface area is 170 Å². The van der Waals surface area contributed by atoms with Gasteiger partial charge in [0.05, 0.1) is 5.56 Å². The molecule has 1 aliphatic rings. The summed E-state index contributed by atoms with van der Waals surface area (Å²) in [6.07, 6.45) is -4.37. The van der Waals surface area contributed by atoms with Gasteiger partial charge in [-0.25, -0.2) is 4.79 Å². The van der Waals surface area contributed by atoms with Gasteiger partial charge in [-0.3, -0.25) is 9.69 Å². The van der Waals surface area contributed by atoms with Gasteiger partial charge in [-0.05, 0) is 23.8 Å². The van der Waals surface area contributed by atoms with Crippen molar-refractivity contribution in [3.05, 3.63) is 81.7 Å². The molecule has 1 amide bonds. The normalized spacial score (nSPS) is 15.5. The Bertz CT molecular complexity index is 1130. The molecule has 0 radical (unpaired) electrons. The van der Waals surface area contributed by atoms with Crippen LogP contribution in [0.2, 0.25) is 0 Å². The number of amides is 1. The summed E-state index contributed by atoms with van der Waals surface area (Å²) in [6.45, 7) is 2.12. The van der Waals surface area contributed by atoms with Crippen molar-refractivity contribution in [2.24, 2.45) is 0 Å². The molecule has 8 heteroatoms. The summed E-state index contributed by atoms with van der Waals surface area (Å²) >= 11 is 0. The molecule has 1 aromatic heterocycles. The van der Waals surface area contributed by atoms with Crippen LogP contribution in [-0.2, 0) is 12.7 Å². The highest BCUT2D eigenvalue weighted by Gasteiger charge is 2.31. The Morgan fingerprint density at radius 1 is 0.967 bits per heavy atom.